The summed E-state index contributed by atoms with van der Waals surface area (Å²) in [5.74, 6) is -0.202. The zero-order valence-corrected chi connectivity index (χ0v) is 13.8. The molecule has 2 aliphatic rings. The summed E-state index contributed by atoms with van der Waals surface area (Å²) in [5.41, 5.74) is 2.57. The molecule has 1 unspecified atom stereocenters. The molecule has 0 saturated carbocycles. The maximum Gasteiger partial charge on any atom is 0.258 e. The fraction of sp³-hybridized carbons (Fsp3) is 0.222. The summed E-state index contributed by atoms with van der Waals surface area (Å²) in [6.07, 6.45) is 5.49. The predicted octanol–water partition coefficient (Wildman–Crippen LogP) is 3.29. The van der Waals surface area contributed by atoms with Gasteiger partial charge in [-0.1, -0.05) is 24.3 Å². The van der Waals surface area contributed by atoms with Gasteiger partial charge in [0.2, 0.25) is 5.91 Å². The summed E-state index contributed by atoms with van der Waals surface area (Å²) in [6.45, 7) is 0.884. The number of amides is 2. The van der Waals surface area contributed by atoms with Crippen LogP contribution in [0, 0.1) is 0 Å². The van der Waals surface area contributed by atoms with Gasteiger partial charge in [-0.2, -0.15) is 0 Å². The molecule has 5 nitrogen and oxygen atoms in total. The van der Waals surface area contributed by atoms with Gasteiger partial charge in [0.15, 0.2) is 0 Å². The van der Waals surface area contributed by atoms with E-state index in [4.69, 9.17) is 0 Å². The number of benzene rings is 1. The van der Waals surface area contributed by atoms with Gasteiger partial charge in [0.05, 0.1) is 22.6 Å². The van der Waals surface area contributed by atoms with Crippen molar-refractivity contribution in [1.29, 1.82) is 0 Å². The number of para-hydroxylation sites is 2. The Bertz CT molecular complexity index is 827. The molecule has 2 amide bonds. The van der Waals surface area contributed by atoms with Gasteiger partial charge in [0.25, 0.3) is 5.91 Å². The summed E-state index contributed by atoms with van der Waals surface area (Å²) < 4.78 is 0. The van der Waals surface area contributed by atoms with Crippen LogP contribution in [0.3, 0.4) is 0 Å². The lowest BCUT2D eigenvalue weighted by Crippen LogP contribution is -2.37. The van der Waals surface area contributed by atoms with Gasteiger partial charge in [-0.25, -0.2) is 0 Å². The summed E-state index contributed by atoms with van der Waals surface area (Å²) in [4.78, 5) is 27.2. The average molecular weight is 339 g/mol. The van der Waals surface area contributed by atoms with E-state index in [0.29, 0.717) is 29.0 Å². The minimum Gasteiger partial charge on any atom is -0.320 e. The van der Waals surface area contributed by atoms with E-state index >= 15 is 0 Å². The number of thiophene rings is 1. The van der Waals surface area contributed by atoms with Gasteiger partial charge < -0.3 is 10.6 Å². The Morgan fingerprint density at radius 1 is 1.25 bits per heavy atom. The fourth-order valence-electron chi connectivity index (χ4n) is 3.10. The van der Waals surface area contributed by atoms with E-state index in [1.54, 1.807) is 10.3 Å². The normalized spacial score (nSPS) is 19.2. The van der Waals surface area contributed by atoms with E-state index in [0.717, 1.165) is 13.0 Å². The van der Waals surface area contributed by atoms with Crippen LogP contribution in [-0.2, 0) is 4.79 Å². The van der Waals surface area contributed by atoms with E-state index in [1.807, 2.05) is 35.7 Å². The van der Waals surface area contributed by atoms with Crippen molar-refractivity contribution in [1.82, 2.24) is 5.32 Å². The van der Waals surface area contributed by atoms with Crippen LogP contribution in [0.1, 0.15) is 23.2 Å². The second kappa shape index (κ2) is 6.22. The highest BCUT2D eigenvalue weighted by Crippen LogP contribution is 2.39. The minimum absolute atomic E-state index is 0.0253. The van der Waals surface area contributed by atoms with Crippen molar-refractivity contribution in [3.8, 4) is 0 Å². The van der Waals surface area contributed by atoms with Crippen LogP contribution >= 0.6 is 11.3 Å². The van der Waals surface area contributed by atoms with Crippen LogP contribution < -0.4 is 15.5 Å². The molecule has 1 aromatic heterocycles. The first-order valence-corrected chi connectivity index (χ1v) is 8.88. The largest absolute Gasteiger partial charge is 0.320 e. The molecule has 0 aliphatic carbocycles. The molecule has 0 spiro atoms. The van der Waals surface area contributed by atoms with Crippen LogP contribution in [0.15, 0.2) is 47.2 Å². The second-order valence-corrected chi connectivity index (χ2v) is 6.60. The van der Waals surface area contributed by atoms with Crippen molar-refractivity contribution >= 4 is 40.2 Å². The molecule has 0 radical (unpaired) electrons. The Kier molecular flexibility index (Phi) is 3.92. The minimum atomic E-state index is -0.176. The maximum absolute atomic E-state index is 13.1. The summed E-state index contributed by atoms with van der Waals surface area (Å²) in [5, 5.41) is 9.89. The summed E-state index contributed by atoms with van der Waals surface area (Å²) in [6, 6.07) is 7.45. The van der Waals surface area contributed by atoms with E-state index in [2.05, 4.69) is 16.7 Å². The first-order chi connectivity index (χ1) is 11.7. The number of rotatable bonds is 2. The van der Waals surface area contributed by atoms with Crippen LogP contribution in [0.5, 0.6) is 0 Å². The van der Waals surface area contributed by atoms with Gasteiger partial charge in [-0.15, -0.1) is 11.3 Å². The summed E-state index contributed by atoms with van der Waals surface area (Å²) >= 11 is 1.43. The number of anilines is 3. The molecule has 0 bridgehead atoms. The van der Waals surface area contributed by atoms with Crippen LogP contribution in [0.2, 0.25) is 0 Å². The predicted molar refractivity (Wildman–Crippen MR) is 96.0 cm³/mol. The third-order valence-corrected chi connectivity index (χ3v) is 4.98. The molecule has 3 heterocycles. The number of carbonyl (C=O) groups excluding carboxylic acids is 2. The van der Waals surface area contributed by atoms with Gasteiger partial charge in [-0.05, 0) is 25.1 Å². The van der Waals surface area contributed by atoms with E-state index in [9.17, 15) is 9.59 Å². The van der Waals surface area contributed by atoms with E-state index in [1.165, 1.54) is 11.3 Å². The standard InChI is InChI=1S/C18H17N3O2S/c22-17(9-12-5-3-4-8-19-12)21-15-7-2-1-6-14(15)20-18(23)13-10-24-11-16(13)21/h1-3,5-7,10-12,19H,4,8-9H2,(H,20,23). The smallest absolute Gasteiger partial charge is 0.258 e. The molecule has 6 heteroatoms. The van der Waals surface area contributed by atoms with Gasteiger partial charge in [-0.3, -0.25) is 14.5 Å². The zero-order valence-electron chi connectivity index (χ0n) is 13.0. The van der Waals surface area contributed by atoms with Gasteiger partial charge >= 0.3 is 0 Å². The Balaban J connectivity index is 1.75. The highest BCUT2D eigenvalue weighted by Gasteiger charge is 2.30. The number of carbonyl (C=O) groups is 2. The Labute approximate surface area is 144 Å². The number of hydrogen-bond donors (Lipinski definition) is 2. The average Bonchev–Trinajstić information content (AvgIpc) is 3.03. The molecule has 2 aliphatic heterocycles. The molecule has 4 rings (SSSR count). The quantitative estimate of drug-likeness (QED) is 0.826. The van der Waals surface area contributed by atoms with Crippen LogP contribution in [0.4, 0.5) is 17.1 Å². The maximum atomic E-state index is 13.1. The lowest BCUT2D eigenvalue weighted by Gasteiger charge is -2.25. The van der Waals surface area contributed by atoms with Crippen LogP contribution in [-0.4, -0.2) is 24.4 Å². The van der Waals surface area contributed by atoms with Crippen molar-refractivity contribution < 1.29 is 9.59 Å². The Hall–Kier alpha value is -2.44. The molecule has 24 heavy (non-hydrogen) atoms. The molecule has 1 aromatic carbocycles. The van der Waals surface area contributed by atoms with Crippen molar-refractivity contribution in [2.75, 3.05) is 16.8 Å². The third-order valence-electron chi connectivity index (χ3n) is 4.25. The Morgan fingerprint density at radius 2 is 2.12 bits per heavy atom. The lowest BCUT2D eigenvalue weighted by molar-refractivity contribution is -0.118. The monoisotopic (exact) mass is 339 g/mol. The van der Waals surface area contributed by atoms with Crippen LogP contribution in [0.25, 0.3) is 0 Å². The fourth-order valence-corrected chi connectivity index (χ4v) is 3.89. The second-order valence-electron chi connectivity index (χ2n) is 5.85. The highest BCUT2D eigenvalue weighted by molar-refractivity contribution is 7.08. The van der Waals surface area contributed by atoms with Crippen molar-refractivity contribution in [3.05, 3.63) is 52.7 Å². The third kappa shape index (κ3) is 2.64. The summed E-state index contributed by atoms with van der Waals surface area (Å²) in [7, 11) is 0. The highest BCUT2D eigenvalue weighted by atomic mass is 32.1. The molecule has 2 aromatic rings. The van der Waals surface area contributed by atoms with Crippen molar-refractivity contribution in [3.63, 3.8) is 0 Å². The zero-order chi connectivity index (χ0) is 16.5. The Morgan fingerprint density at radius 3 is 2.96 bits per heavy atom. The first-order valence-electron chi connectivity index (χ1n) is 7.93. The molecular weight excluding hydrogens is 322 g/mol. The topological polar surface area (TPSA) is 61.4 Å². The number of hydrogen-bond acceptors (Lipinski definition) is 4. The number of fused-ring (bicyclic) bond motifs is 2. The number of nitrogens with one attached hydrogen (secondary N) is 2. The van der Waals surface area contributed by atoms with E-state index in [-0.39, 0.29) is 17.9 Å². The number of nitrogens with zero attached hydrogens (tertiary/aromatic N) is 1. The van der Waals surface area contributed by atoms with Crippen molar-refractivity contribution in [2.24, 2.45) is 0 Å². The molecule has 2 N–H and O–H groups in total. The van der Waals surface area contributed by atoms with Gasteiger partial charge in [0, 0.05) is 23.2 Å². The lowest BCUT2D eigenvalue weighted by atomic mass is 10.1. The molecule has 0 saturated heterocycles. The van der Waals surface area contributed by atoms with Crippen molar-refractivity contribution in [2.45, 2.75) is 18.9 Å². The first kappa shape index (κ1) is 15.1. The molecule has 0 fully saturated rings. The van der Waals surface area contributed by atoms with Gasteiger partial charge in [0.1, 0.15) is 0 Å². The van der Waals surface area contributed by atoms with E-state index < -0.39 is 0 Å². The molecule has 122 valence electrons. The molecule has 1 atom stereocenters. The SMILES string of the molecule is O=C1Nc2ccccc2N(C(=O)CC2C=CCCN2)c2cscc21. The molecular formula is C18H17N3O2S.